The molecule has 0 bridgehead atoms. The van der Waals surface area contributed by atoms with Crippen LogP contribution in [0.1, 0.15) is 29.3 Å². The van der Waals surface area contributed by atoms with Crippen molar-refractivity contribution in [1.82, 2.24) is 10.1 Å². The number of carbonyl (C=O) groups is 1. The molecule has 3 rings (SSSR count). The fourth-order valence-electron chi connectivity index (χ4n) is 2.63. The molecular weight excluding hydrogens is 280 g/mol. The van der Waals surface area contributed by atoms with Crippen molar-refractivity contribution in [3.63, 3.8) is 0 Å². The van der Waals surface area contributed by atoms with Crippen LogP contribution < -0.4 is 0 Å². The Hall–Kier alpha value is -1.60. The van der Waals surface area contributed by atoms with Crippen molar-refractivity contribution in [1.29, 1.82) is 0 Å². The molecule has 1 fully saturated rings. The first kappa shape index (κ1) is 13.4. The topological polar surface area (TPSA) is 75.8 Å². The van der Waals surface area contributed by atoms with Gasteiger partial charge in [0.25, 0.3) is 0 Å². The first-order valence-corrected chi connectivity index (χ1v) is 7.35. The van der Waals surface area contributed by atoms with Crippen LogP contribution in [-0.2, 0) is 11.3 Å². The molecule has 3 heterocycles. The lowest BCUT2D eigenvalue weighted by Crippen LogP contribution is -2.36. The largest absolute Gasteiger partial charge is 0.465 e. The van der Waals surface area contributed by atoms with Gasteiger partial charge in [-0.05, 0) is 12.8 Å². The van der Waals surface area contributed by atoms with Gasteiger partial charge in [-0.1, -0.05) is 5.16 Å². The zero-order valence-corrected chi connectivity index (χ0v) is 12.0. The zero-order chi connectivity index (χ0) is 14.1. The van der Waals surface area contributed by atoms with Crippen LogP contribution in [0.3, 0.4) is 0 Å². The number of methoxy groups -OCH3 is 1. The van der Waals surface area contributed by atoms with Crippen molar-refractivity contribution in [2.75, 3.05) is 20.2 Å². The molecule has 6 nitrogen and oxygen atoms in total. The Morgan fingerprint density at radius 2 is 2.35 bits per heavy atom. The summed E-state index contributed by atoms with van der Waals surface area (Å²) in [5, 5.41) is 13.1. The van der Waals surface area contributed by atoms with Crippen molar-refractivity contribution in [3.8, 4) is 0 Å². The molecular formula is C13H16N2O4S. The number of amides is 1. The fraction of sp³-hybridized carbons (Fsp3) is 0.538. The standard InChI is InChI=1S/C13H16N2O4S/c1-18-7-9-6-10-12(20-9)11(14-19-10)8-2-4-15(5-3-8)13(16)17/h6,8H,2-5,7H2,1H3,(H,16,17). The van der Waals surface area contributed by atoms with Gasteiger partial charge in [-0.2, -0.15) is 0 Å². The molecule has 2 aromatic heterocycles. The van der Waals surface area contributed by atoms with Gasteiger partial charge in [0.05, 0.1) is 11.3 Å². The van der Waals surface area contributed by atoms with E-state index in [9.17, 15) is 4.79 Å². The number of ether oxygens (including phenoxy) is 1. The number of hydrogen-bond donors (Lipinski definition) is 1. The molecule has 108 valence electrons. The Bertz CT molecular complexity index is 613. The zero-order valence-electron chi connectivity index (χ0n) is 11.2. The molecule has 0 aliphatic carbocycles. The third-order valence-corrected chi connectivity index (χ3v) is 4.78. The van der Waals surface area contributed by atoms with Gasteiger partial charge in [0.15, 0.2) is 5.58 Å². The number of rotatable bonds is 3. The van der Waals surface area contributed by atoms with Gasteiger partial charge < -0.3 is 19.3 Å². The highest BCUT2D eigenvalue weighted by molar-refractivity contribution is 7.19. The molecule has 0 radical (unpaired) electrons. The van der Waals surface area contributed by atoms with E-state index < -0.39 is 6.09 Å². The summed E-state index contributed by atoms with van der Waals surface area (Å²) in [4.78, 5) is 13.5. The predicted molar refractivity (Wildman–Crippen MR) is 74.2 cm³/mol. The molecule has 1 saturated heterocycles. The average molecular weight is 296 g/mol. The molecule has 1 N–H and O–H groups in total. The van der Waals surface area contributed by atoms with Crippen molar-refractivity contribution in [2.24, 2.45) is 0 Å². The summed E-state index contributed by atoms with van der Waals surface area (Å²) < 4.78 is 11.6. The molecule has 1 aliphatic rings. The number of thiophene rings is 1. The summed E-state index contributed by atoms with van der Waals surface area (Å²) in [5.74, 6) is 0.279. The molecule has 1 amide bonds. The predicted octanol–water partition coefficient (Wildman–Crippen LogP) is 2.89. The maximum atomic E-state index is 10.9. The minimum Gasteiger partial charge on any atom is -0.465 e. The SMILES string of the molecule is COCc1cc2onc(C3CCN(C(=O)O)CC3)c2s1. The van der Waals surface area contributed by atoms with Crippen LogP contribution in [0.5, 0.6) is 0 Å². The maximum absolute atomic E-state index is 10.9. The van der Waals surface area contributed by atoms with Gasteiger partial charge in [0.1, 0.15) is 5.69 Å². The molecule has 0 unspecified atom stereocenters. The lowest BCUT2D eigenvalue weighted by atomic mass is 9.94. The van der Waals surface area contributed by atoms with Crippen LogP contribution in [0.25, 0.3) is 10.3 Å². The third kappa shape index (κ3) is 2.38. The van der Waals surface area contributed by atoms with E-state index >= 15 is 0 Å². The second-order valence-corrected chi connectivity index (χ2v) is 6.09. The van der Waals surface area contributed by atoms with Crippen LogP contribution >= 0.6 is 11.3 Å². The summed E-state index contributed by atoms with van der Waals surface area (Å²) in [7, 11) is 1.67. The molecule has 2 aromatic rings. The van der Waals surface area contributed by atoms with E-state index in [1.165, 1.54) is 4.90 Å². The van der Waals surface area contributed by atoms with Crippen LogP contribution in [0.15, 0.2) is 10.6 Å². The Balaban J connectivity index is 1.79. The minimum absolute atomic E-state index is 0.279. The summed E-state index contributed by atoms with van der Waals surface area (Å²) in [5.41, 5.74) is 1.77. The number of likely N-dealkylation sites (tertiary alicyclic amines) is 1. The van der Waals surface area contributed by atoms with E-state index in [-0.39, 0.29) is 5.92 Å². The highest BCUT2D eigenvalue weighted by Gasteiger charge is 2.27. The highest BCUT2D eigenvalue weighted by Crippen LogP contribution is 2.37. The smallest absolute Gasteiger partial charge is 0.407 e. The Morgan fingerprint density at radius 1 is 1.60 bits per heavy atom. The van der Waals surface area contributed by atoms with E-state index in [0.717, 1.165) is 33.7 Å². The fourth-order valence-corrected chi connectivity index (χ4v) is 3.74. The molecule has 0 spiro atoms. The minimum atomic E-state index is -0.841. The molecule has 0 saturated carbocycles. The molecule has 0 aromatic carbocycles. The number of carboxylic acid groups (broad SMARTS) is 1. The summed E-state index contributed by atoms with van der Waals surface area (Å²) >= 11 is 1.64. The number of aromatic nitrogens is 1. The Morgan fingerprint density at radius 3 is 3.00 bits per heavy atom. The van der Waals surface area contributed by atoms with Gasteiger partial charge in [0, 0.05) is 37.1 Å². The first-order chi connectivity index (χ1) is 9.69. The summed E-state index contributed by atoms with van der Waals surface area (Å²) in [6, 6.07) is 1.96. The molecule has 1 aliphatic heterocycles. The molecule has 0 atom stereocenters. The molecule has 20 heavy (non-hydrogen) atoms. The highest BCUT2D eigenvalue weighted by atomic mass is 32.1. The van der Waals surface area contributed by atoms with Gasteiger partial charge in [-0.25, -0.2) is 4.79 Å². The Labute approximate surface area is 119 Å². The third-order valence-electron chi connectivity index (χ3n) is 3.66. The quantitative estimate of drug-likeness (QED) is 0.942. The normalized spacial score (nSPS) is 16.9. The van der Waals surface area contributed by atoms with E-state index in [1.807, 2.05) is 6.07 Å². The van der Waals surface area contributed by atoms with Crippen LogP contribution in [-0.4, -0.2) is 41.5 Å². The summed E-state index contributed by atoms with van der Waals surface area (Å²) in [6.45, 7) is 1.70. The maximum Gasteiger partial charge on any atom is 0.407 e. The second-order valence-electron chi connectivity index (χ2n) is 4.95. The van der Waals surface area contributed by atoms with E-state index in [4.69, 9.17) is 14.4 Å². The van der Waals surface area contributed by atoms with Crippen molar-refractivity contribution < 1.29 is 19.2 Å². The lowest BCUT2D eigenvalue weighted by Gasteiger charge is -2.28. The number of fused-ring (bicyclic) bond motifs is 1. The van der Waals surface area contributed by atoms with Crippen LogP contribution in [0.2, 0.25) is 0 Å². The van der Waals surface area contributed by atoms with Crippen LogP contribution in [0, 0.1) is 0 Å². The van der Waals surface area contributed by atoms with E-state index in [2.05, 4.69) is 5.16 Å². The van der Waals surface area contributed by atoms with Gasteiger partial charge in [-0.15, -0.1) is 11.3 Å². The monoisotopic (exact) mass is 296 g/mol. The summed E-state index contributed by atoms with van der Waals surface area (Å²) in [6.07, 6.45) is 0.754. The number of hydrogen-bond acceptors (Lipinski definition) is 5. The first-order valence-electron chi connectivity index (χ1n) is 6.54. The van der Waals surface area contributed by atoms with E-state index in [0.29, 0.717) is 19.7 Å². The van der Waals surface area contributed by atoms with Crippen molar-refractivity contribution in [2.45, 2.75) is 25.4 Å². The van der Waals surface area contributed by atoms with Gasteiger partial charge >= 0.3 is 6.09 Å². The van der Waals surface area contributed by atoms with Crippen LogP contribution in [0.4, 0.5) is 4.79 Å². The molecule has 7 heteroatoms. The number of piperidine rings is 1. The van der Waals surface area contributed by atoms with Gasteiger partial charge in [-0.3, -0.25) is 0 Å². The Kier molecular flexibility index (Phi) is 3.62. The second kappa shape index (κ2) is 5.41. The van der Waals surface area contributed by atoms with Crippen molar-refractivity contribution in [3.05, 3.63) is 16.6 Å². The average Bonchev–Trinajstić information content (AvgIpc) is 2.99. The number of nitrogens with zero attached hydrogens (tertiary/aromatic N) is 2. The lowest BCUT2D eigenvalue weighted by molar-refractivity contribution is 0.131. The van der Waals surface area contributed by atoms with Gasteiger partial charge in [0.2, 0.25) is 0 Å². The van der Waals surface area contributed by atoms with E-state index in [1.54, 1.807) is 18.4 Å². The van der Waals surface area contributed by atoms with Crippen molar-refractivity contribution >= 4 is 27.7 Å².